The third kappa shape index (κ3) is 3.28. The monoisotopic (exact) mass is 445 g/mol. The maximum absolute atomic E-state index is 8.93. The normalized spacial score (nSPS) is 12.1. The topological polar surface area (TPSA) is 107 Å². The Morgan fingerprint density at radius 3 is 1.50 bits per heavy atom. The lowest BCUT2D eigenvalue weighted by atomic mass is 10.1. The van der Waals surface area contributed by atoms with Gasteiger partial charge in [-0.3, -0.25) is 25.4 Å². The molecule has 0 fully saturated rings. The highest BCUT2D eigenvalue weighted by Crippen LogP contribution is 2.38. The van der Waals surface area contributed by atoms with Crippen LogP contribution in [0.15, 0.2) is 85.0 Å². The molecule has 0 bridgehead atoms. The Morgan fingerprint density at radius 1 is 0.618 bits per heavy atom. The molecule has 166 valence electrons. The molecule has 0 unspecified atom stereocenters. The molecule has 2 aromatic heterocycles. The molecule has 0 aliphatic heterocycles. The Hall–Kier alpha value is -4.58. The standard InChI is InChI=1S/C28H24N6/c1-17(29)11-15-25(31)33-23-9-5-3-7-19(23)21-13-14-22-20-8-4-6-10-24(20)34(28(22)27(21)33)26(32)16-12-18(2)30/h3-16,29-32H,1-2H3/p+1/b15-11-,16-12-,29-17?,30-18?,31-25?,32-26?. The van der Waals surface area contributed by atoms with Gasteiger partial charge in [-0.2, -0.15) is 0 Å². The van der Waals surface area contributed by atoms with Gasteiger partial charge in [0.1, 0.15) is 11.7 Å². The van der Waals surface area contributed by atoms with E-state index in [1.54, 1.807) is 38.2 Å². The van der Waals surface area contributed by atoms with E-state index in [1.807, 2.05) is 45.5 Å². The van der Waals surface area contributed by atoms with Crippen molar-refractivity contribution in [3.8, 4) is 0 Å². The van der Waals surface area contributed by atoms with E-state index in [4.69, 9.17) is 21.6 Å². The molecule has 0 aliphatic carbocycles. The highest BCUT2D eigenvalue weighted by molar-refractivity contribution is 6.28. The van der Waals surface area contributed by atoms with Gasteiger partial charge in [-0.15, -0.1) is 0 Å². The number of nitrogens with zero attached hydrogens (tertiary/aromatic N) is 2. The fourth-order valence-corrected chi connectivity index (χ4v) is 4.56. The molecule has 0 saturated carbocycles. The highest BCUT2D eigenvalue weighted by Gasteiger charge is 2.21. The van der Waals surface area contributed by atoms with E-state index in [0.717, 1.165) is 43.6 Å². The van der Waals surface area contributed by atoms with E-state index in [1.165, 1.54) is 0 Å². The van der Waals surface area contributed by atoms with Crippen molar-refractivity contribution in [2.24, 2.45) is 0 Å². The SMILES string of the molecule is CC(=N)/C=C\C(=N)n1c2ccccc2c2ccc3c4ccccc4n(C(=N)/C=C\C(C)=[NH2+])c3c21. The number of hydrogen-bond donors (Lipinski definition) is 4. The molecular weight excluding hydrogens is 420 g/mol. The number of fused-ring (bicyclic) bond motifs is 7. The van der Waals surface area contributed by atoms with E-state index in [9.17, 15) is 0 Å². The first-order valence-electron chi connectivity index (χ1n) is 11.0. The molecule has 6 nitrogen and oxygen atoms in total. The second-order valence-corrected chi connectivity index (χ2v) is 8.43. The molecule has 2 heterocycles. The van der Waals surface area contributed by atoms with Crippen LogP contribution in [0.25, 0.3) is 43.6 Å². The summed E-state index contributed by atoms with van der Waals surface area (Å²) in [6, 6.07) is 20.3. The largest absolute Gasteiger partial charge is 0.306 e. The maximum Gasteiger partial charge on any atom is 0.169 e. The zero-order chi connectivity index (χ0) is 24.0. The first-order chi connectivity index (χ1) is 16.4. The average molecular weight is 446 g/mol. The molecule has 0 aliphatic rings. The molecule has 5 rings (SSSR count). The van der Waals surface area contributed by atoms with Crippen molar-refractivity contribution in [1.29, 1.82) is 16.2 Å². The molecule has 0 saturated heterocycles. The van der Waals surface area contributed by atoms with Crippen LogP contribution < -0.4 is 5.41 Å². The first kappa shape index (κ1) is 21.3. The molecular formula is C28H25N6+. The van der Waals surface area contributed by atoms with Crippen molar-refractivity contribution >= 4 is 66.7 Å². The highest BCUT2D eigenvalue weighted by atomic mass is 15.1. The molecule has 5 N–H and O–H groups in total. The van der Waals surface area contributed by atoms with Crippen LogP contribution in [-0.2, 0) is 0 Å². The van der Waals surface area contributed by atoms with Crippen LogP contribution in [0.1, 0.15) is 13.8 Å². The van der Waals surface area contributed by atoms with Crippen LogP contribution in [0.3, 0.4) is 0 Å². The van der Waals surface area contributed by atoms with Crippen molar-refractivity contribution in [2.75, 3.05) is 0 Å². The lowest BCUT2D eigenvalue weighted by Gasteiger charge is -2.10. The zero-order valence-electron chi connectivity index (χ0n) is 19.1. The Balaban J connectivity index is 2.00. The Morgan fingerprint density at radius 2 is 1.06 bits per heavy atom. The van der Waals surface area contributed by atoms with Gasteiger partial charge in [0.05, 0.1) is 22.1 Å². The quantitative estimate of drug-likeness (QED) is 0.222. The molecule has 5 aromatic rings. The van der Waals surface area contributed by atoms with Crippen LogP contribution in [0, 0.1) is 16.2 Å². The van der Waals surface area contributed by atoms with Gasteiger partial charge in [0.15, 0.2) is 5.71 Å². The average Bonchev–Trinajstić information content (AvgIpc) is 3.34. The van der Waals surface area contributed by atoms with Crippen molar-refractivity contribution in [3.05, 3.63) is 85.0 Å². The van der Waals surface area contributed by atoms with Gasteiger partial charge in [0.25, 0.3) is 0 Å². The molecule has 0 radical (unpaired) electrons. The summed E-state index contributed by atoms with van der Waals surface area (Å²) in [7, 11) is 0. The maximum atomic E-state index is 8.93. The van der Waals surface area contributed by atoms with Crippen LogP contribution in [0.4, 0.5) is 0 Å². The summed E-state index contributed by atoms with van der Waals surface area (Å²) in [5.41, 5.74) is 4.56. The molecule has 3 aromatic carbocycles. The van der Waals surface area contributed by atoms with Gasteiger partial charge < -0.3 is 5.41 Å². The number of allylic oxidation sites excluding steroid dienone is 4. The number of nitrogens with two attached hydrogens (primary N) is 1. The minimum Gasteiger partial charge on any atom is -0.306 e. The number of nitrogens with one attached hydrogen (secondary N) is 3. The molecule has 0 amide bonds. The predicted molar refractivity (Wildman–Crippen MR) is 143 cm³/mol. The molecule has 0 atom stereocenters. The van der Waals surface area contributed by atoms with Crippen LogP contribution in [0.2, 0.25) is 0 Å². The fraction of sp³-hybridized carbons (Fsp3) is 0.0714. The van der Waals surface area contributed by atoms with E-state index >= 15 is 0 Å². The summed E-state index contributed by atoms with van der Waals surface area (Å²) in [6.07, 6.45) is 6.72. The summed E-state index contributed by atoms with van der Waals surface area (Å²) in [5, 5.41) is 35.6. The number of aromatic nitrogens is 2. The van der Waals surface area contributed by atoms with Gasteiger partial charge in [-0.05, 0) is 37.3 Å². The van der Waals surface area contributed by atoms with Crippen LogP contribution in [0.5, 0.6) is 0 Å². The summed E-state index contributed by atoms with van der Waals surface area (Å²) >= 11 is 0. The van der Waals surface area contributed by atoms with Gasteiger partial charge in [0, 0.05) is 40.3 Å². The van der Waals surface area contributed by atoms with Gasteiger partial charge in [-0.25, -0.2) is 0 Å². The third-order valence-corrected chi connectivity index (χ3v) is 5.95. The smallest absolute Gasteiger partial charge is 0.169 e. The predicted octanol–water partition coefficient (Wildman–Crippen LogP) is 4.93. The number of para-hydroxylation sites is 2. The molecule has 34 heavy (non-hydrogen) atoms. The van der Waals surface area contributed by atoms with Gasteiger partial charge in [0.2, 0.25) is 0 Å². The van der Waals surface area contributed by atoms with Crippen LogP contribution in [-0.4, -0.2) is 32.2 Å². The molecule has 0 spiro atoms. The van der Waals surface area contributed by atoms with Gasteiger partial charge in [-0.1, -0.05) is 48.5 Å². The second kappa shape index (κ2) is 8.08. The Kier molecular flexibility index (Phi) is 5.06. The zero-order valence-corrected chi connectivity index (χ0v) is 19.1. The summed E-state index contributed by atoms with van der Waals surface area (Å²) in [4.78, 5) is 0. The number of rotatable bonds is 4. The summed E-state index contributed by atoms with van der Waals surface area (Å²) in [6.45, 7) is 3.49. The van der Waals surface area contributed by atoms with Crippen molar-refractivity contribution in [2.45, 2.75) is 13.8 Å². The lowest BCUT2D eigenvalue weighted by molar-refractivity contribution is -0.112. The lowest BCUT2D eigenvalue weighted by Crippen LogP contribution is -2.36. The number of benzene rings is 3. The first-order valence-corrected chi connectivity index (χ1v) is 11.0. The van der Waals surface area contributed by atoms with Crippen molar-refractivity contribution < 1.29 is 5.41 Å². The number of hydrogen-bond acceptors (Lipinski definition) is 3. The summed E-state index contributed by atoms with van der Waals surface area (Å²) in [5.74, 6) is 0.549. The minimum atomic E-state index is 0.260. The van der Waals surface area contributed by atoms with E-state index in [2.05, 4.69) is 24.3 Å². The Labute approximate surface area is 196 Å². The van der Waals surface area contributed by atoms with Crippen molar-refractivity contribution in [3.63, 3.8) is 0 Å². The van der Waals surface area contributed by atoms with E-state index < -0.39 is 0 Å². The minimum absolute atomic E-state index is 0.260. The fourth-order valence-electron chi connectivity index (χ4n) is 4.56. The van der Waals surface area contributed by atoms with Gasteiger partial charge >= 0.3 is 0 Å². The van der Waals surface area contributed by atoms with E-state index in [-0.39, 0.29) is 11.7 Å². The van der Waals surface area contributed by atoms with E-state index in [0.29, 0.717) is 11.4 Å². The van der Waals surface area contributed by atoms with Crippen LogP contribution >= 0.6 is 0 Å². The summed E-state index contributed by atoms with van der Waals surface area (Å²) < 4.78 is 3.85. The third-order valence-electron chi connectivity index (χ3n) is 5.95. The Bertz CT molecular complexity index is 1610. The van der Waals surface area contributed by atoms with Crippen molar-refractivity contribution in [1.82, 2.24) is 9.13 Å². The molecule has 6 heteroatoms. The second-order valence-electron chi connectivity index (χ2n) is 8.43.